The van der Waals surface area contributed by atoms with Crippen molar-refractivity contribution in [3.8, 4) is 0 Å². The molecule has 0 amide bonds. The van der Waals surface area contributed by atoms with E-state index in [-0.39, 0.29) is 20.9 Å². The van der Waals surface area contributed by atoms with Crippen molar-refractivity contribution < 1.29 is 0 Å². The molecule has 0 saturated carbocycles. The third-order valence-electron chi connectivity index (χ3n) is 2.22. The number of rotatable bonds is 4. The molecule has 0 N–H and O–H groups in total. The maximum atomic E-state index is 2.23. The predicted octanol–water partition coefficient (Wildman–Crippen LogP) is 3.09. The van der Waals surface area contributed by atoms with Gasteiger partial charge in [0.2, 0.25) is 0 Å². The topological polar surface area (TPSA) is 0 Å². The van der Waals surface area contributed by atoms with Gasteiger partial charge >= 0.3 is 102 Å². The molecule has 15 heavy (non-hydrogen) atoms. The molecule has 0 atom stereocenters. The molecule has 0 unspecified atom stereocenters. The van der Waals surface area contributed by atoms with E-state index in [0.29, 0.717) is 0 Å². The summed E-state index contributed by atoms with van der Waals surface area (Å²) in [7, 11) is 0. The molecule has 2 aromatic carbocycles. The van der Waals surface area contributed by atoms with Gasteiger partial charge in [-0.1, -0.05) is 0 Å². The molecule has 0 spiro atoms. The van der Waals surface area contributed by atoms with Gasteiger partial charge in [-0.15, -0.1) is 0 Å². The standard InChI is InChI=1S/C14H14Te/c1-3-7-13(8-4-1)11-15-12-14-9-5-2-6-10-14/h1-10H,11-12H2/q+1. The van der Waals surface area contributed by atoms with E-state index in [1.54, 1.807) is 0 Å². The van der Waals surface area contributed by atoms with Crippen molar-refractivity contribution in [3.63, 3.8) is 0 Å². The Morgan fingerprint density at radius 2 is 1.00 bits per heavy atom. The van der Waals surface area contributed by atoms with Crippen molar-refractivity contribution >= 4 is 20.9 Å². The van der Waals surface area contributed by atoms with Gasteiger partial charge in [0.15, 0.2) is 0 Å². The molecule has 75 valence electrons. The van der Waals surface area contributed by atoms with Crippen molar-refractivity contribution in [1.29, 1.82) is 0 Å². The van der Waals surface area contributed by atoms with E-state index in [1.165, 1.54) is 20.1 Å². The number of hydrogen-bond donors (Lipinski definition) is 0. The predicted molar refractivity (Wildman–Crippen MR) is 66.0 cm³/mol. The molecule has 0 heterocycles. The van der Waals surface area contributed by atoms with Crippen LogP contribution in [-0.2, 0) is 8.94 Å². The molecular weight excluding hydrogens is 296 g/mol. The number of benzene rings is 2. The second-order valence-corrected chi connectivity index (χ2v) is 6.28. The molecule has 2 aromatic rings. The molecule has 1 heteroatoms. The van der Waals surface area contributed by atoms with Gasteiger partial charge in [-0.05, 0) is 0 Å². The van der Waals surface area contributed by atoms with E-state index in [4.69, 9.17) is 0 Å². The zero-order valence-electron chi connectivity index (χ0n) is 8.60. The summed E-state index contributed by atoms with van der Waals surface area (Å²) >= 11 is 0.0925. The molecule has 0 bridgehead atoms. The second kappa shape index (κ2) is 5.95. The van der Waals surface area contributed by atoms with Crippen LogP contribution >= 0.6 is 0 Å². The Bertz CT molecular complexity index is 341. The average molecular weight is 310 g/mol. The minimum atomic E-state index is 0.0925. The maximum absolute atomic E-state index is 2.23. The first-order valence-electron chi connectivity index (χ1n) is 5.11. The Balaban J connectivity index is 1.81. The summed E-state index contributed by atoms with van der Waals surface area (Å²) in [6.07, 6.45) is 0. The fourth-order valence-electron chi connectivity index (χ4n) is 1.44. The van der Waals surface area contributed by atoms with Crippen LogP contribution in [0.25, 0.3) is 0 Å². The van der Waals surface area contributed by atoms with Crippen LogP contribution in [0.4, 0.5) is 0 Å². The molecule has 1 radical (unpaired) electrons. The van der Waals surface area contributed by atoms with Crippen LogP contribution in [0, 0.1) is 0 Å². The Labute approximate surface area is 101 Å². The van der Waals surface area contributed by atoms with Crippen LogP contribution in [0.1, 0.15) is 11.1 Å². The van der Waals surface area contributed by atoms with E-state index >= 15 is 0 Å². The molecule has 0 aliphatic carbocycles. The molecule has 0 saturated heterocycles. The van der Waals surface area contributed by atoms with Crippen LogP contribution in [0.2, 0.25) is 0 Å². The van der Waals surface area contributed by atoms with Gasteiger partial charge in [-0.3, -0.25) is 0 Å². The number of hydrogen-bond acceptors (Lipinski definition) is 0. The first-order chi connectivity index (χ1) is 7.45. The zero-order chi connectivity index (χ0) is 10.3. The van der Waals surface area contributed by atoms with E-state index in [9.17, 15) is 0 Å². The summed E-state index contributed by atoms with van der Waals surface area (Å²) in [5.41, 5.74) is 2.99. The average Bonchev–Trinajstić information content (AvgIpc) is 2.32. The quantitative estimate of drug-likeness (QED) is 0.761. The van der Waals surface area contributed by atoms with Crippen LogP contribution in [0.15, 0.2) is 60.7 Å². The van der Waals surface area contributed by atoms with Gasteiger partial charge in [0.25, 0.3) is 0 Å². The fraction of sp³-hybridized carbons (Fsp3) is 0.143. The zero-order valence-corrected chi connectivity index (χ0v) is 10.9. The third-order valence-corrected chi connectivity index (χ3v) is 5.29. The summed E-state index contributed by atoms with van der Waals surface area (Å²) in [6.45, 7) is 0. The second-order valence-electron chi connectivity index (χ2n) is 3.46. The summed E-state index contributed by atoms with van der Waals surface area (Å²) < 4.78 is 2.61. The van der Waals surface area contributed by atoms with Crippen LogP contribution < -0.4 is 0 Å². The summed E-state index contributed by atoms with van der Waals surface area (Å²) in [5, 5.41) is 0. The summed E-state index contributed by atoms with van der Waals surface area (Å²) in [6, 6.07) is 21.6. The fourth-order valence-corrected chi connectivity index (χ4v) is 4.17. The van der Waals surface area contributed by atoms with E-state index in [0.717, 1.165) is 0 Å². The minimum absolute atomic E-state index is 0.0925. The van der Waals surface area contributed by atoms with Gasteiger partial charge in [-0.25, -0.2) is 0 Å². The van der Waals surface area contributed by atoms with Crippen molar-refractivity contribution in [2.24, 2.45) is 0 Å². The first kappa shape index (κ1) is 10.7. The van der Waals surface area contributed by atoms with Gasteiger partial charge < -0.3 is 0 Å². The van der Waals surface area contributed by atoms with Crippen LogP contribution in [0.5, 0.6) is 0 Å². The Kier molecular flexibility index (Phi) is 4.26. The van der Waals surface area contributed by atoms with Crippen LogP contribution in [0.3, 0.4) is 0 Å². The van der Waals surface area contributed by atoms with E-state index in [2.05, 4.69) is 60.7 Å². The monoisotopic (exact) mass is 312 g/mol. The summed E-state index contributed by atoms with van der Waals surface area (Å²) in [5.74, 6) is 0. The molecule has 2 rings (SSSR count). The molecule has 0 aliphatic heterocycles. The van der Waals surface area contributed by atoms with Crippen molar-refractivity contribution in [3.05, 3.63) is 71.8 Å². The Morgan fingerprint density at radius 1 is 0.600 bits per heavy atom. The van der Waals surface area contributed by atoms with Crippen molar-refractivity contribution in [2.45, 2.75) is 8.94 Å². The van der Waals surface area contributed by atoms with Crippen molar-refractivity contribution in [2.75, 3.05) is 0 Å². The van der Waals surface area contributed by atoms with Gasteiger partial charge in [0, 0.05) is 0 Å². The van der Waals surface area contributed by atoms with Gasteiger partial charge in [-0.2, -0.15) is 0 Å². The van der Waals surface area contributed by atoms with E-state index in [1.807, 2.05) is 0 Å². The molecule has 0 aliphatic rings. The first-order valence-corrected chi connectivity index (χ1v) is 8.40. The SMILES string of the molecule is c1ccc(C[Te+]Cc2ccccc2)cc1. The van der Waals surface area contributed by atoms with Gasteiger partial charge in [0.1, 0.15) is 0 Å². The van der Waals surface area contributed by atoms with Crippen molar-refractivity contribution in [1.82, 2.24) is 0 Å². The Hall–Kier alpha value is -0.770. The molecule has 0 aromatic heterocycles. The molecule has 0 nitrogen and oxygen atoms in total. The summed E-state index contributed by atoms with van der Waals surface area (Å²) in [4.78, 5) is 0. The third kappa shape index (κ3) is 3.70. The Morgan fingerprint density at radius 3 is 1.40 bits per heavy atom. The normalized spacial score (nSPS) is 10.1. The van der Waals surface area contributed by atoms with Gasteiger partial charge in [0.05, 0.1) is 0 Å². The van der Waals surface area contributed by atoms with Crippen LogP contribution in [-0.4, -0.2) is 20.9 Å². The molecule has 0 fully saturated rings. The molecular formula is C14H14Te+. The van der Waals surface area contributed by atoms with E-state index < -0.39 is 0 Å².